The van der Waals surface area contributed by atoms with Crippen LogP contribution in [0.4, 0.5) is 17.6 Å². The fourth-order valence-corrected chi connectivity index (χ4v) is 5.72. The van der Waals surface area contributed by atoms with Crippen molar-refractivity contribution in [3.8, 4) is 28.6 Å². The Hall–Kier alpha value is -3.35. The Kier molecular flexibility index (Phi) is 7.12. The van der Waals surface area contributed by atoms with Gasteiger partial charge in [-0.3, -0.25) is 9.36 Å². The standard InChI is InChI=1S/C23H24F4N6O2S/c1-22(2)21(28)32-23(11-24,12-36(22)29-3)14-6-13(4-5-15(14)25)18-7-16(33-35-18)17-8-31-20(9-30-17)34-10-19(26)27/h4-9,19H,10-12H2,1-3H3,(H2,28,32)/t23-,36?/m0/s1. The third-order valence-corrected chi connectivity index (χ3v) is 8.45. The fraction of sp³-hybridized carbons (Fsp3) is 0.391. The Morgan fingerprint density at radius 3 is 2.61 bits per heavy atom. The second kappa shape index (κ2) is 9.96. The number of hydrogen-bond acceptors (Lipinski definition) is 8. The average molecular weight is 525 g/mol. The van der Waals surface area contributed by atoms with Crippen LogP contribution in [0.5, 0.6) is 5.88 Å². The van der Waals surface area contributed by atoms with Gasteiger partial charge in [0.2, 0.25) is 5.88 Å². The third-order valence-electron chi connectivity index (χ3n) is 5.87. The van der Waals surface area contributed by atoms with Gasteiger partial charge in [-0.1, -0.05) is 15.8 Å². The lowest BCUT2D eigenvalue weighted by Crippen LogP contribution is -2.53. The van der Waals surface area contributed by atoms with E-state index in [0.717, 1.165) is 0 Å². The van der Waals surface area contributed by atoms with E-state index in [1.807, 2.05) is 13.8 Å². The van der Waals surface area contributed by atoms with Crippen molar-refractivity contribution in [3.63, 3.8) is 0 Å². The largest absolute Gasteiger partial charge is 0.470 e. The van der Waals surface area contributed by atoms with E-state index in [1.165, 1.54) is 30.6 Å². The summed E-state index contributed by atoms with van der Waals surface area (Å²) in [6, 6.07) is 5.71. The Bertz CT molecular complexity index is 1310. The summed E-state index contributed by atoms with van der Waals surface area (Å²) in [7, 11) is 0.946. The number of benzene rings is 1. The molecule has 2 atom stereocenters. The molecular weight excluding hydrogens is 500 g/mol. The van der Waals surface area contributed by atoms with Crippen LogP contribution in [-0.2, 0) is 16.2 Å². The van der Waals surface area contributed by atoms with Crippen molar-refractivity contribution in [1.29, 1.82) is 0 Å². The zero-order valence-electron chi connectivity index (χ0n) is 19.7. The minimum absolute atomic E-state index is 0.0420. The molecule has 1 unspecified atom stereocenters. The number of rotatable bonds is 7. The number of hydrogen-bond donors (Lipinski definition) is 1. The van der Waals surface area contributed by atoms with Gasteiger partial charge in [0, 0.05) is 30.0 Å². The molecule has 1 aliphatic rings. The highest BCUT2D eigenvalue weighted by Gasteiger charge is 2.45. The van der Waals surface area contributed by atoms with Crippen LogP contribution in [0.3, 0.4) is 0 Å². The van der Waals surface area contributed by atoms with Crippen molar-refractivity contribution in [3.05, 3.63) is 48.0 Å². The monoisotopic (exact) mass is 524 g/mol. The highest BCUT2D eigenvalue weighted by atomic mass is 32.2. The molecule has 0 saturated carbocycles. The molecule has 36 heavy (non-hydrogen) atoms. The Morgan fingerprint density at radius 1 is 1.19 bits per heavy atom. The van der Waals surface area contributed by atoms with Gasteiger partial charge in [-0.2, -0.15) is 0 Å². The number of ether oxygens (including phenoxy) is 1. The van der Waals surface area contributed by atoms with E-state index in [4.69, 9.17) is 15.0 Å². The first kappa shape index (κ1) is 25.7. The first-order valence-corrected chi connectivity index (χ1v) is 12.2. The van der Waals surface area contributed by atoms with Crippen molar-refractivity contribution in [2.75, 3.05) is 26.1 Å². The summed E-state index contributed by atoms with van der Waals surface area (Å²) in [6.45, 7) is 2.01. The fourth-order valence-electron chi connectivity index (χ4n) is 3.73. The SMILES string of the molecule is C/N=S1/C[C@@](CF)(c2cc(-c3cc(-c4cnc(OCC(F)F)cn4)no3)ccc2F)N=C(N)C1(C)C. The number of alkyl halides is 3. The molecule has 3 heterocycles. The van der Waals surface area contributed by atoms with Gasteiger partial charge in [-0.05, 0) is 32.0 Å². The molecule has 0 radical (unpaired) electrons. The number of nitrogens with zero attached hydrogens (tertiary/aromatic N) is 5. The first-order chi connectivity index (χ1) is 17.1. The minimum atomic E-state index is -2.63. The molecule has 0 spiro atoms. The van der Waals surface area contributed by atoms with E-state index in [0.29, 0.717) is 17.0 Å². The zero-order chi connectivity index (χ0) is 26.1. The summed E-state index contributed by atoms with van der Waals surface area (Å²) < 4.78 is 68.2. The predicted octanol–water partition coefficient (Wildman–Crippen LogP) is 4.33. The van der Waals surface area contributed by atoms with Crippen molar-refractivity contribution >= 4 is 16.5 Å². The van der Waals surface area contributed by atoms with E-state index in [2.05, 4.69) is 24.5 Å². The maximum atomic E-state index is 15.0. The van der Waals surface area contributed by atoms with Crippen LogP contribution < -0.4 is 10.5 Å². The average Bonchev–Trinajstić information content (AvgIpc) is 3.35. The van der Waals surface area contributed by atoms with Crippen molar-refractivity contribution in [2.24, 2.45) is 15.1 Å². The topological polar surface area (TPSA) is 112 Å². The summed E-state index contributed by atoms with van der Waals surface area (Å²) in [5, 5.41) is 3.96. The molecule has 0 bridgehead atoms. The maximum Gasteiger partial charge on any atom is 0.272 e. The lowest BCUT2D eigenvalue weighted by atomic mass is 9.90. The van der Waals surface area contributed by atoms with Crippen LogP contribution in [0.25, 0.3) is 22.7 Å². The van der Waals surface area contributed by atoms with E-state index in [-0.39, 0.29) is 28.8 Å². The number of aliphatic imine (C=N–C) groups is 1. The molecule has 3 aromatic rings. The van der Waals surface area contributed by atoms with Crippen molar-refractivity contribution < 1.29 is 26.8 Å². The second-order valence-corrected chi connectivity index (χ2v) is 11.0. The van der Waals surface area contributed by atoms with Gasteiger partial charge < -0.3 is 15.0 Å². The Morgan fingerprint density at radius 2 is 1.97 bits per heavy atom. The molecule has 1 aromatic carbocycles. The minimum Gasteiger partial charge on any atom is -0.470 e. The Balaban J connectivity index is 1.67. The number of halogens is 4. The van der Waals surface area contributed by atoms with Gasteiger partial charge in [0.15, 0.2) is 12.4 Å². The molecule has 0 fully saturated rings. The van der Waals surface area contributed by atoms with E-state index in [9.17, 15) is 13.2 Å². The molecule has 8 nitrogen and oxygen atoms in total. The van der Waals surface area contributed by atoms with Crippen molar-refractivity contribution in [1.82, 2.24) is 15.1 Å². The highest BCUT2D eigenvalue weighted by Crippen LogP contribution is 2.39. The number of amidine groups is 1. The molecule has 192 valence electrons. The van der Waals surface area contributed by atoms with Crippen molar-refractivity contribution in [2.45, 2.75) is 30.6 Å². The predicted molar refractivity (Wildman–Crippen MR) is 128 cm³/mol. The van der Waals surface area contributed by atoms with Gasteiger partial charge in [0.25, 0.3) is 6.43 Å². The van der Waals surface area contributed by atoms with Gasteiger partial charge in [0.05, 0.1) is 17.1 Å². The summed E-state index contributed by atoms with van der Waals surface area (Å²) in [5.41, 5.74) is 5.76. The maximum absolute atomic E-state index is 15.0. The molecule has 1 aliphatic heterocycles. The van der Waals surface area contributed by atoms with E-state index in [1.54, 1.807) is 13.1 Å². The quantitative estimate of drug-likeness (QED) is 0.461. The highest BCUT2D eigenvalue weighted by molar-refractivity contribution is 7.89. The van der Waals surface area contributed by atoms with E-state index < -0.39 is 46.5 Å². The number of aromatic nitrogens is 3. The molecule has 2 aromatic heterocycles. The van der Waals surface area contributed by atoms with Gasteiger partial charge in [0.1, 0.15) is 35.3 Å². The molecule has 0 amide bonds. The van der Waals surface area contributed by atoms with Gasteiger partial charge in [-0.25, -0.2) is 27.5 Å². The van der Waals surface area contributed by atoms with Crippen LogP contribution in [0.1, 0.15) is 19.4 Å². The summed E-state index contributed by atoms with van der Waals surface area (Å²) in [6.07, 6.45) is -0.143. The molecule has 0 aliphatic carbocycles. The summed E-state index contributed by atoms with van der Waals surface area (Å²) in [4.78, 5) is 12.5. The summed E-state index contributed by atoms with van der Waals surface area (Å²) >= 11 is 0. The second-order valence-electron chi connectivity index (χ2n) is 8.58. The molecule has 2 N–H and O–H groups in total. The van der Waals surface area contributed by atoms with Crippen LogP contribution in [-0.4, -0.2) is 58.2 Å². The van der Waals surface area contributed by atoms with E-state index >= 15 is 4.39 Å². The van der Waals surface area contributed by atoms with Crippen LogP contribution in [0, 0.1) is 5.82 Å². The van der Waals surface area contributed by atoms with Crippen LogP contribution >= 0.6 is 0 Å². The normalized spacial score (nSPS) is 21.6. The van der Waals surface area contributed by atoms with Crippen LogP contribution in [0.2, 0.25) is 0 Å². The molecular formula is C23H24F4N6O2S. The molecule has 13 heteroatoms. The first-order valence-electron chi connectivity index (χ1n) is 10.8. The lowest BCUT2D eigenvalue weighted by Gasteiger charge is -2.40. The molecule has 4 rings (SSSR count). The Labute approximate surface area is 207 Å². The lowest BCUT2D eigenvalue weighted by molar-refractivity contribution is 0.0794. The third kappa shape index (κ3) is 4.84. The molecule has 0 saturated heterocycles. The number of nitrogens with two attached hydrogens (primary N) is 1. The summed E-state index contributed by atoms with van der Waals surface area (Å²) in [5.74, 6) is -0.0299. The van der Waals surface area contributed by atoms with Gasteiger partial charge in [-0.15, -0.1) is 0 Å². The van der Waals surface area contributed by atoms with Crippen LogP contribution in [0.15, 0.2) is 50.5 Å². The smallest absolute Gasteiger partial charge is 0.272 e. The zero-order valence-corrected chi connectivity index (χ0v) is 20.5. The van der Waals surface area contributed by atoms with Gasteiger partial charge >= 0.3 is 0 Å².